The van der Waals surface area contributed by atoms with Crippen molar-refractivity contribution in [2.75, 3.05) is 10.6 Å². The van der Waals surface area contributed by atoms with Crippen LogP contribution in [0.4, 0.5) is 11.4 Å². The molecule has 0 spiro atoms. The fourth-order valence-corrected chi connectivity index (χ4v) is 3.44. The Labute approximate surface area is 177 Å². The Kier molecular flexibility index (Phi) is 5.41. The molecule has 9 heteroatoms. The second kappa shape index (κ2) is 8.17. The lowest BCUT2D eigenvalue weighted by Crippen LogP contribution is -2.32. The van der Waals surface area contributed by atoms with E-state index in [1.807, 2.05) is 0 Å². The van der Waals surface area contributed by atoms with Crippen molar-refractivity contribution < 1.29 is 9.59 Å². The topological polar surface area (TPSA) is 126 Å². The minimum atomic E-state index is -0.637. The van der Waals surface area contributed by atoms with E-state index in [1.165, 1.54) is 4.57 Å². The zero-order chi connectivity index (χ0) is 22.1. The summed E-state index contributed by atoms with van der Waals surface area (Å²) >= 11 is 0. The third kappa shape index (κ3) is 4.11. The highest BCUT2D eigenvalue weighted by Crippen LogP contribution is 2.40. The number of aromatic amines is 1. The zero-order valence-corrected chi connectivity index (χ0v) is 17.3. The van der Waals surface area contributed by atoms with E-state index in [-0.39, 0.29) is 28.4 Å². The number of hydrogen-bond donors (Lipinski definition) is 3. The van der Waals surface area contributed by atoms with Gasteiger partial charge in [0.05, 0.1) is 10.9 Å². The lowest BCUT2D eigenvalue weighted by atomic mass is 10.1. The van der Waals surface area contributed by atoms with Gasteiger partial charge in [-0.1, -0.05) is 6.92 Å². The Hall–Kier alpha value is -3.75. The van der Waals surface area contributed by atoms with Crippen molar-refractivity contribution in [3.63, 3.8) is 0 Å². The molecular formula is C22H23N5O4. The molecule has 0 aliphatic heterocycles. The summed E-state index contributed by atoms with van der Waals surface area (Å²) in [7, 11) is 0. The number of carbonyl (C=O) groups excluding carboxylic acids is 2. The Balaban J connectivity index is 1.73. The standard InChI is InChI=1S/C22H23N5O4/c1-3-17(28)23-13-7-9-14(10-8-13)24-20(29)15-11-16(12-5-6-12)25-19-18(15)21(30)26-22(31)27(19)4-2/h7-12H,3-6H2,1-2H3,(H,23,28)(H,24,29)(H,26,30,31). The van der Waals surface area contributed by atoms with E-state index in [1.54, 1.807) is 44.2 Å². The molecule has 1 aromatic carbocycles. The van der Waals surface area contributed by atoms with Gasteiger partial charge in [0.1, 0.15) is 0 Å². The minimum Gasteiger partial charge on any atom is -0.326 e. The van der Waals surface area contributed by atoms with Crippen molar-refractivity contribution in [2.45, 2.75) is 45.6 Å². The summed E-state index contributed by atoms with van der Waals surface area (Å²) in [6.07, 6.45) is 2.29. The summed E-state index contributed by atoms with van der Waals surface area (Å²) < 4.78 is 1.37. The molecule has 0 radical (unpaired) electrons. The molecule has 2 amide bonds. The van der Waals surface area contributed by atoms with Gasteiger partial charge in [-0.05, 0) is 50.1 Å². The van der Waals surface area contributed by atoms with Crippen LogP contribution in [0.5, 0.6) is 0 Å². The Morgan fingerprint density at radius 2 is 1.74 bits per heavy atom. The fraction of sp³-hybridized carbons (Fsp3) is 0.318. The smallest absolute Gasteiger partial charge is 0.326 e. The lowest BCUT2D eigenvalue weighted by Gasteiger charge is -2.13. The number of rotatable bonds is 6. The molecule has 3 aromatic rings. The maximum absolute atomic E-state index is 13.1. The molecule has 2 heterocycles. The number of aryl methyl sites for hydroxylation is 1. The molecule has 2 aromatic heterocycles. The summed E-state index contributed by atoms with van der Waals surface area (Å²) in [6, 6.07) is 8.35. The third-order valence-corrected chi connectivity index (χ3v) is 5.27. The predicted octanol–water partition coefficient (Wildman–Crippen LogP) is 2.58. The van der Waals surface area contributed by atoms with Crippen LogP contribution in [-0.2, 0) is 11.3 Å². The van der Waals surface area contributed by atoms with Crippen LogP contribution in [0, 0.1) is 0 Å². The van der Waals surface area contributed by atoms with Gasteiger partial charge in [-0.3, -0.25) is 23.9 Å². The first-order chi connectivity index (χ1) is 14.9. The largest absolute Gasteiger partial charge is 0.329 e. The first-order valence-corrected chi connectivity index (χ1v) is 10.3. The number of anilines is 2. The second-order valence-electron chi connectivity index (χ2n) is 7.50. The van der Waals surface area contributed by atoms with Crippen LogP contribution in [0.1, 0.15) is 55.1 Å². The van der Waals surface area contributed by atoms with Gasteiger partial charge >= 0.3 is 5.69 Å². The molecule has 3 N–H and O–H groups in total. The Bertz CT molecular complexity index is 1290. The van der Waals surface area contributed by atoms with Crippen LogP contribution in [0.2, 0.25) is 0 Å². The van der Waals surface area contributed by atoms with E-state index in [0.29, 0.717) is 30.0 Å². The van der Waals surface area contributed by atoms with Crippen molar-refractivity contribution in [1.82, 2.24) is 14.5 Å². The first kappa shape index (κ1) is 20.5. The van der Waals surface area contributed by atoms with Crippen LogP contribution in [0.3, 0.4) is 0 Å². The zero-order valence-electron chi connectivity index (χ0n) is 17.3. The van der Waals surface area contributed by atoms with Crippen LogP contribution in [0.15, 0.2) is 39.9 Å². The molecule has 0 atom stereocenters. The maximum Gasteiger partial charge on any atom is 0.329 e. The number of benzene rings is 1. The second-order valence-corrected chi connectivity index (χ2v) is 7.50. The molecule has 9 nitrogen and oxygen atoms in total. The lowest BCUT2D eigenvalue weighted by molar-refractivity contribution is -0.115. The molecule has 4 rings (SSSR count). The Morgan fingerprint density at radius 1 is 1.10 bits per heavy atom. The number of carbonyl (C=O) groups is 2. The summed E-state index contributed by atoms with van der Waals surface area (Å²) in [4.78, 5) is 56.3. The van der Waals surface area contributed by atoms with Crippen molar-refractivity contribution >= 4 is 34.2 Å². The number of H-pyrrole nitrogens is 1. The summed E-state index contributed by atoms with van der Waals surface area (Å²) in [5.41, 5.74) is 1.07. The molecule has 31 heavy (non-hydrogen) atoms. The van der Waals surface area contributed by atoms with Gasteiger partial charge in [0.25, 0.3) is 11.5 Å². The monoisotopic (exact) mass is 421 g/mol. The quantitative estimate of drug-likeness (QED) is 0.564. The van der Waals surface area contributed by atoms with Crippen molar-refractivity contribution in [1.29, 1.82) is 0 Å². The molecule has 1 saturated carbocycles. The highest BCUT2D eigenvalue weighted by molar-refractivity contribution is 6.12. The van der Waals surface area contributed by atoms with E-state index < -0.39 is 17.2 Å². The van der Waals surface area contributed by atoms with Gasteiger partial charge in [0.15, 0.2) is 5.65 Å². The summed E-state index contributed by atoms with van der Waals surface area (Å²) in [5.74, 6) is -0.336. The van der Waals surface area contributed by atoms with E-state index in [4.69, 9.17) is 0 Å². The number of nitrogens with zero attached hydrogens (tertiary/aromatic N) is 2. The van der Waals surface area contributed by atoms with Gasteiger partial charge in [-0.2, -0.15) is 0 Å². The maximum atomic E-state index is 13.1. The molecule has 0 unspecified atom stereocenters. The highest BCUT2D eigenvalue weighted by Gasteiger charge is 2.28. The van der Waals surface area contributed by atoms with Gasteiger partial charge in [0.2, 0.25) is 5.91 Å². The van der Waals surface area contributed by atoms with Crippen LogP contribution >= 0.6 is 0 Å². The molecule has 1 fully saturated rings. The number of aromatic nitrogens is 3. The van der Waals surface area contributed by atoms with Crippen molar-refractivity contribution in [3.05, 3.63) is 62.4 Å². The normalized spacial score (nSPS) is 13.2. The minimum absolute atomic E-state index is 0.0928. The number of nitrogens with one attached hydrogen (secondary N) is 3. The molecule has 0 bridgehead atoms. The predicted molar refractivity (Wildman–Crippen MR) is 118 cm³/mol. The van der Waals surface area contributed by atoms with Crippen LogP contribution in [0.25, 0.3) is 11.0 Å². The molecule has 160 valence electrons. The van der Waals surface area contributed by atoms with Crippen LogP contribution in [-0.4, -0.2) is 26.3 Å². The summed E-state index contributed by atoms with van der Waals surface area (Å²) in [6.45, 7) is 3.86. The molecule has 1 aliphatic rings. The number of pyridine rings is 1. The van der Waals surface area contributed by atoms with Crippen LogP contribution < -0.4 is 21.9 Å². The fourth-order valence-electron chi connectivity index (χ4n) is 3.44. The van der Waals surface area contributed by atoms with Gasteiger partial charge in [-0.25, -0.2) is 9.78 Å². The SMILES string of the molecule is CCC(=O)Nc1ccc(NC(=O)c2cc(C3CC3)nc3c2c(=O)[nH]c(=O)n3CC)cc1. The third-order valence-electron chi connectivity index (χ3n) is 5.27. The first-order valence-electron chi connectivity index (χ1n) is 10.3. The van der Waals surface area contributed by atoms with Gasteiger partial charge in [0, 0.05) is 36.0 Å². The summed E-state index contributed by atoms with van der Waals surface area (Å²) in [5, 5.41) is 5.63. The number of hydrogen-bond acceptors (Lipinski definition) is 5. The van der Waals surface area contributed by atoms with Crippen molar-refractivity contribution in [3.8, 4) is 0 Å². The van der Waals surface area contributed by atoms with E-state index in [0.717, 1.165) is 12.8 Å². The molecule has 0 saturated heterocycles. The molecular weight excluding hydrogens is 398 g/mol. The van der Waals surface area contributed by atoms with E-state index in [2.05, 4.69) is 20.6 Å². The van der Waals surface area contributed by atoms with E-state index >= 15 is 0 Å². The van der Waals surface area contributed by atoms with Gasteiger partial charge < -0.3 is 10.6 Å². The number of amides is 2. The molecule has 1 aliphatic carbocycles. The average Bonchev–Trinajstić information content (AvgIpc) is 3.60. The average molecular weight is 421 g/mol. The van der Waals surface area contributed by atoms with Gasteiger partial charge in [-0.15, -0.1) is 0 Å². The Morgan fingerprint density at radius 3 is 2.32 bits per heavy atom. The van der Waals surface area contributed by atoms with Crippen molar-refractivity contribution in [2.24, 2.45) is 0 Å². The number of fused-ring (bicyclic) bond motifs is 1. The van der Waals surface area contributed by atoms with E-state index in [9.17, 15) is 19.2 Å². The highest BCUT2D eigenvalue weighted by atomic mass is 16.2.